The fraction of sp³-hybridized carbons (Fsp3) is 0.462. The molecule has 1 aliphatic carbocycles. The lowest BCUT2D eigenvalue weighted by Crippen LogP contribution is -2.17. The Bertz CT molecular complexity index is 398. The Morgan fingerprint density at radius 3 is 2.76 bits per heavy atom. The van der Waals surface area contributed by atoms with Crippen LogP contribution in [-0.2, 0) is 11.3 Å². The van der Waals surface area contributed by atoms with Crippen LogP contribution in [0.25, 0.3) is 0 Å². The topological polar surface area (TPSA) is 67.8 Å². The van der Waals surface area contributed by atoms with Crippen molar-refractivity contribution in [2.75, 3.05) is 0 Å². The summed E-state index contributed by atoms with van der Waals surface area (Å²) in [5.74, 6) is 0.135. The summed E-state index contributed by atoms with van der Waals surface area (Å²) >= 11 is 0. The van der Waals surface area contributed by atoms with Crippen LogP contribution < -0.4 is 5.73 Å². The first kappa shape index (κ1) is 11.9. The van der Waals surface area contributed by atoms with E-state index in [1.165, 1.54) is 12.8 Å². The number of hydrogen-bond donors (Lipinski definition) is 2. The Morgan fingerprint density at radius 1 is 1.35 bits per heavy atom. The molecule has 4 nitrogen and oxygen atoms in total. The smallest absolute Gasteiger partial charge is 0.170 e. The zero-order valence-electron chi connectivity index (χ0n) is 9.80. The number of nitrogens with zero attached hydrogens (tertiary/aromatic N) is 1. The Labute approximate surface area is 101 Å². The average molecular weight is 234 g/mol. The molecule has 1 fully saturated rings. The fourth-order valence-corrected chi connectivity index (χ4v) is 2.21. The van der Waals surface area contributed by atoms with Gasteiger partial charge >= 0.3 is 0 Å². The van der Waals surface area contributed by atoms with Gasteiger partial charge in [0.25, 0.3) is 0 Å². The monoisotopic (exact) mass is 234 g/mol. The van der Waals surface area contributed by atoms with E-state index < -0.39 is 0 Å². The van der Waals surface area contributed by atoms with Gasteiger partial charge in [0.2, 0.25) is 0 Å². The van der Waals surface area contributed by atoms with Crippen molar-refractivity contribution in [1.82, 2.24) is 0 Å². The molecule has 0 saturated heterocycles. The number of oxime groups is 1. The second kappa shape index (κ2) is 5.68. The fourth-order valence-electron chi connectivity index (χ4n) is 2.21. The lowest BCUT2D eigenvalue weighted by atomic mass is 10.1. The van der Waals surface area contributed by atoms with E-state index in [9.17, 15) is 0 Å². The highest BCUT2D eigenvalue weighted by Gasteiger charge is 2.16. The van der Waals surface area contributed by atoms with Gasteiger partial charge in [0, 0.05) is 5.56 Å². The molecule has 0 radical (unpaired) electrons. The maximum atomic E-state index is 8.71. The zero-order chi connectivity index (χ0) is 12.1. The van der Waals surface area contributed by atoms with E-state index in [0.717, 1.165) is 24.0 Å². The van der Waals surface area contributed by atoms with Crippen LogP contribution in [0.5, 0.6) is 0 Å². The summed E-state index contributed by atoms with van der Waals surface area (Å²) in [6, 6.07) is 7.58. The molecule has 17 heavy (non-hydrogen) atoms. The first-order valence-corrected chi connectivity index (χ1v) is 5.98. The molecule has 0 spiro atoms. The molecule has 0 atom stereocenters. The predicted octanol–water partition coefficient (Wildman–Crippen LogP) is 2.24. The van der Waals surface area contributed by atoms with Crippen molar-refractivity contribution in [3.63, 3.8) is 0 Å². The van der Waals surface area contributed by atoms with Crippen LogP contribution in [0.15, 0.2) is 29.4 Å². The van der Waals surface area contributed by atoms with E-state index in [-0.39, 0.29) is 5.84 Å². The molecule has 2 rings (SSSR count). The van der Waals surface area contributed by atoms with Crippen molar-refractivity contribution in [2.24, 2.45) is 10.9 Å². The van der Waals surface area contributed by atoms with Crippen molar-refractivity contribution < 1.29 is 9.94 Å². The molecular formula is C13H18N2O2. The van der Waals surface area contributed by atoms with Crippen molar-refractivity contribution >= 4 is 5.84 Å². The van der Waals surface area contributed by atoms with Crippen LogP contribution in [0.3, 0.4) is 0 Å². The number of benzene rings is 1. The molecule has 1 saturated carbocycles. The largest absolute Gasteiger partial charge is 0.409 e. The third-order valence-electron chi connectivity index (χ3n) is 3.18. The molecule has 1 aromatic carbocycles. The number of hydrogen-bond acceptors (Lipinski definition) is 3. The number of amidine groups is 1. The Balaban J connectivity index is 2.04. The van der Waals surface area contributed by atoms with Gasteiger partial charge in [0.05, 0.1) is 12.7 Å². The molecular weight excluding hydrogens is 216 g/mol. The summed E-state index contributed by atoms with van der Waals surface area (Å²) in [6.07, 6.45) is 5.17. The van der Waals surface area contributed by atoms with Crippen molar-refractivity contribution in [2.45, 2.75) is 38.4 Å². The molecule has 0 aliphatic heterocycles. The lowest BCUT2D eigenvalue weighted by Gasteiger charge is -2.13. The second-order valence-electron chi connectivity index (χ2n) is 4.36. The third-order valence-corrected chi connectivity index (χ3v) is 3.18. The molecule has 1 aliphatic rings. The average Bonchev–Trinajstić information content (AvgIpc) is 2.89. The minimum Gasteiger partial charge on any atom is -0.409 e. The SMILES string of the molecule is N/C(=N\O)c1ccccc1COC1CCCC1. The van der Waals surface area contributed by atoms with Gasteiger partial charge in [-0.2, -0.15) is 0 Å². The maximum absolute atomic E-state index is 8.71. The van der Waals surface area contributed by atoms with Gasteiger partial charge in [-0.05, 0) is 18.4 Å². The first-order valence-electron chi connectivity index (χ1n) is 5.98. The molecule has 0 unspecified atom stereocenters. The quantitative estimate of drug-likeness (QED) is 0.363. The normalized spacial score (nSPS) is 17.5. The van der Waals surface area contributed by atoms with Crippen LogP contribution in [0.1, 0.15) is 36.8 Å². The minimum atomic E-state index is 0.135. The van der Waals surface area contributed by atoms with Crippen LogP contribution >= 0.6 is 0 Å². The molecule has 0 heterocycles. The summed E-state index contributed by atoms with van der Waals surface area (Å²) in [4.78, 5) is 0. The maximum Gasteiger partial charge on any atom is 0.170 e. The van der Waals surface area contributed by atoms with Gasteiger partial charge in [0.1, 0.15) is 0 Å². The molecule has 1 aromatic rings. The highest BCUT2D eigenvalue weighted by Crippen LogP contribution is 2.22. The summed E-state index contributed by atoms with van der Waals surface area (Å²) in [5.41, 5.74) is 7.33. The highest BCUT2D eigenvalue weighted by molar-refractivity contribution is 5.98. The number of rotatable bonds is 4. The first-order chi connectivity index (χ1) is 8.31. The highest BCUT2D eigenvalue weighted by atomic mass is 16.5. The summed E-state index contributed by atoms with van der Waals surface area (Å²) in [7, 11) is 0. The second-order valence-corrected chi connectivity index (χ2v) is 4.36. The van der Waals surface area contributed by atoms with Crippen LogP contribution in [0, 0.1) is 0 Å². The van der Waals surface area contributed by atoms with E-state index in [1.807, 2.05) is 24.3 Å². The Kier molecular flexibility index (Phi) is 3.98. The van der Waals surface area contributed by atoms with Crippen LogP contribution in [0.2, 0.25) is 0 Å². The standard InChI is InChI=1S/C13H18N2O2/c14-13(15-16)12-8-4-1-5-10(12)9-17-11-6-2-3-7-11/h1,4-5,8,11,16H,2-3,6-7,9H2,(H2,14,15). The van der Waals surface area contributed by atoms with E-state index in [2.05, 4.69) is 5.16 Å². The summed E-state index contributed by atoms with van der Waals surface area (Å²) < 4.78 is 5.83. The van der Waals surface area contributed by atoms with Gasteiger partial charge in [-0.3, -0.25) is 0 Å². The molecule has 4 heteroatoms. The molecule has 92 valence electrons. The van der Waals surface area contributed by atoms with E-state index in [0.29, 0.717) is 12.7 Å². The molecule has 3 N–H and O–H groups in total. The lowest BCUT2D eigenvalue weighted by molar-refractivity contribution is 0.0456. The van der Waals surface area contributed by atoms with Crippen molar-refractivity contribution in [1.29, 1.82) is 0 Å². The molecule has 0 amide bonds. The zero-order valence-corrected chi connectivity index (χ0v) is 9.80. The number of ether oxygens (including phenoxy) is 1. The predicted molar refractivity (Wildman–Crippen MR) is 66.0 cm³/mol. The Morgan fingerprint density at radius 2 is 2.06 bits per heavy atom. The van der Waals surface area contributed by atoms with E-state index in [4.69, 9.17) is 15.7 Å². The van der Waals surface area contributed by atoms with Crippen LogP contribution in [-0.4, -0.2) is 17.1 Å². The molecule has 0 aromatic heterocycles. The molecule has 0 bridgehead atoms. The van der Waals surface area contributed by atoms with Gasteiger partial charge in [0.15, 0.2) is 5.84 Å². The van der Waals surface area contributed by atoms with Crippen LogP contribution in [0.4, 0.5) is 0 Å². The van der Waals surface area contributed by atoms with Gasteiger partial charge < -0.3 is 15.7 Å². The number of nitrogens with two attached hydrogens (primary N) is 1. The Hall–Kier alpha value is -1.55. The minimum absolute atomic E-state index is 0.135. The van der Waals surface area contributed by atoms with E-state index in [1.54, 1.807) is 0 Å². The van der Waals surface area contributed by atoms with Gasteiger partial charge in [-0.15, -0.1) is 0 Å². The van der Waals surface area contributed by atoms with Gasteiger partial charge in [-0.1, -0.05) is 42.3 Å². The van der Waals surface area contributed by atoms with E-state index >= 15 is 0 Å². The van der Waals surface area contributed by atoms with Crippen molar-refractivity contribution in [3.8, 4) is 0 Å². The van der Waals surface area contributed by atoms with Crippen molar-refractivity contribution in [3.05, 3.63) is 35.4 Å². The van der Waals surface area contributed by atoms with Gasteiger partial charge in [-0.25, -0.2) is 0 Å². The third kappa shape index (κ3) is 2.97. The summed E-state index contributed by atoms with van der Waals surface area (Å²) in [6.45, 7) is 0.525. The summed E-state index contributed by atoms with van der Waals surface area (Å²) in [5, 5.41) is 11.8.